The molecule has 0 atom stereocenters. The van der Waals surface area contributed by atoms with Crippen molar-refractivity contribution in [2.45, 2.75) is 90.9 Å². The van der Waals surface area contributed by atoms with Gasteiger partial charge in [-0.1, -0.05) is 78.1 Å². The van der Waals surface area contributed by atoms with E-state index in [1.165, 1.54) is 64.2 Å². The van der Waals surface area contributed by atoms with Crippen molar-refractivity contribution in [3.8, 4) is 34.3 Å². The van der Waals surface area contributed by atoms with Gasteiger partial charge < -0.3 is 9.47 Å². The van der Waals surface area contributed by atoms with Gasteiger partial charge in [-0.15, -0.1) is 0 Å². The molecular formula is C30H42N4O2. The maximum Gasteiger partial charge on any atom is 0.213 e. The van der Waals surface area contributed by atoms with Crippen LogP contribution in [0.25, 0.3) is 22.5 Å². The molecule has 36 heavy (non-hydrogen) atoms. The number of aromatic nitrogens is 4. The van der Waals surface area contributed by atoms with Crippen LogP contribution in [0.4, 0.5) is 0 Å². The molecular weight excluding hydrogens is 448 g/mol. The second-order valence-corrected chi connectivity index (χ2v) is 9.29. The molecule has 3 rings (SSSR count). The van der Waals surface area contributed by atoms with Gasteiger partial charge in [0, 0.05) is 35.7 Å². The zero-order chi connectivity index (χ0) is 25.3. The van der Waals surface area contributed by atoms with Gasteiger partial charge in [0.05, 0.1) is 37.0 Å². The van der Waals surface area contributed by atoms with E-state index in [1.54, 1.807) is 24.8 Å². The summed E-state index contributed by atoms with van der Waals surface area (Å²) in [6, 6.07) is 7.75. The van der Waals surface area contributed by atoms with Crippen molar-refractivity contribution in [2.24, 2.45) is 0 Å². The summed E-state index contributed by atoms with van der Waals surface area (Å²) < 4.78 is 11.6. The molecule has 0 fully saturated rings. The van der Waals surface area contributed by atoms with E-state index in [4.69, 9.17) is 9.47 Å². The third-order valence-corrected chi connectivity index (χ3v) is 6.21. The van der Waals surface area contributed by atoms with Gasteiger partial charge in [0.25, 0.3) is 0 Å². The predicted molar refractivity (Wildman–Crippen MR) is 146 cm³/mol. The molecule has 6 heteroatoms. The van der Waals surface area contributed by atoms with E-state index < -0.39 is 0 Å². The third kappa shape index (κ3) is 9.92. The SMILES string of the molecule is CCCCCCCCOc1ccc(-c2cnc(-c3ccc(OCCCCCCCC)nc3)cn2)cn1. The number of nitrogens with zero attached hydrogens (tertiary/aromatic N) is 4. The van der Waals surface area contributed by atoms with E-state index in [0.717, 1.165) is 35.4 Å². The highest BCUT2D eigenvalue weighted by molar-refractivity contribution is 5.61. The van der Waals surface area contributed by atoms with E-state index in [9.17, 15) is 0 Å². The summed E-state index contributed by atoms with van der Waals surface area (Å²) in [7, 11) is 0. The minimum atomic E-state index is 0.654. The van der Waals surface area contributed by atoms with E-state index in [2.05, 4.69) is 33.8 Å². The molecule has 0 saturated carbocycles. The molecule has 0 bridgehead atoms. The molecule has 0 aliphatic carbocycles. The van der Waals surface area contributed by atoms with E-state index in [0.29, 0.717) is 25.0 Å². The molecule has 0 unspecified atom stereocenters. The van der Waals surface area contributed by atoms with Crippen LogP contribution in [0.5, 0.6) is 11.8 Å². The monoisotopic (exact) mass is 490 g/mol. The summed E-state index contributed by atoms with van der Waals surface area (Å²) in [5, 5.41) is 0. The van der Waals surface area contributed by atoms with Crippen molar-refractivity contribution in [1.29, 1.82) is 0 Å². The minimum Gasteiger partial charge on any atom is -0.478 e. The van der Waals surface area contributed by atoms with Crippen molar-refractivity contribution < 1.29 is 9.47 Å². The summed E-state index contributed by atoms with van der Waals surface area (Å²) in [5.41, 5.74) is 3.39. The smallest absolute Gasteiger partial charge is 0.213 e. The topological polar surface area (TPSA) is 70.0 Å². The lowest BCUT2D eigenvalue weighted by atomic mass is 10.1. The van der Waals surface area contributed by atoms with Gasteiger partial charge in [-0.05, 0) is 25.0 Å². The van der Waals surface area contributed by atoms with Gasteiger partial charge in [-0.2, -0.15) is 0 Å². The zero-order valence-electron chi connectivity index (χ0n) is 22.1. The first kappa shape index (κ1) is 27.6. The van der Waals surface area contributed by atoms with Gasteiger partial charge in [0.2, 0.25) is 11.8 Å². The summed E-state index contributed by atoms with van der Waals surface area (Å²) in [6.07, 6.45) is 22.1. The predicted octanol–water partition coefficient (Wildman–Crippen LogP) is 8.08. The van der Waals surface area contributed by atoms with Crippen molar-refractivity contribution in [1.82, 2.24) is 19.9 Å². The highest BCUT2D eigenvalue weighted by Gasteiger charge is 2.06. The molecule has 0 aliphatic rings. The fraction of sp³-hybridized carbons (Fsp3) is 0.533. The molecule has 3 heterocycles. The number of hydrogen-bond donors (Lipinski definition) is 0. The zero-order valence-corrected chi connectivity index (χ0v) is 22.1. The van der Waals surface area contributed by atoms with Gasteiger partial charge in [-0.25, -0.2) is 9.97 Å². The third-order valence-electron chi connectivity index (χ3n) is 6.21. The first-order valence-electron chi connectivity index (χ1n) is 13.8. The summed E-state index contributed by atoms with van der Waals surface area (Å²) in [4.78, 5) is 18.0. The Hall–Kier alpha value is -3.02. The van der Waals surface area contributed by atoms with Gasteiger partial charge in [0.1, 0.15) is 0 Å². The lowest BCUT2D eigenvalue weighted by molar-refractivity contribution is 0.293. The quantitative estimate of drug-likeness (QED) is 0.168. The Labute approximate surface area is 216 Å². The van der Waals surface area contributed by atoms with Gasteiger partial charge in [-0.3, -0.25) is 9.97 Å². The number of hydrogen-bond acceptors (Lipinski definition) is 6. The van der Waals surface area contributed by atoms with Crippen LogP contribution < -0.4 is 9.47 Å². The Morgan fingerprint density at radius 3 is 1.25 bits per heavy atom. The van der Waals surface area contributed by atoms with Crippen LogP contribution in [0, 0.1) is 0 Å². The Morgan fingerprint density at radius 2 is 0.889 bits per heavy atom. The Morgan fingerprint density at radius 1 is 0.472 bits per heavy atom. The maximum absolute atomic E-state index is 5.78. The van der Waals surface area contributed by atoms with Crippen LogP contribution >= 0.6 is 0 Å². The second-order valence-electron chi connectivity index (χ2n) is 9.29. The molecule has 0 spiro atoms. The number of rotatable bonds is 18. The van der Waals surface area contributed by atoms with Crippen molar-refractivity contribution in [2.75, 3.05) is 13.2 Å². The minimum absolute atomic E-state index is 0.654. The highest BCUT2D eigenvalue weighted by Crippen LogP contribution is 2.22. The Kier molecular flexibility index (Phi) is 12.7. The van der Waals surface area contributed by atoms with E-state index in [1.807, 2.05) is 24.3 Å². The number of pyridine rings is 2. The molecule has 6 nitrogen and oxygen atoms in total. The molecule has 0 aliphatic heterocycles. The Balaban J connectivity index is 1.41. The molecule has 3 aromatic rings. The first-order chi connectivity index (χ1) is 17.8. The van der Waals surface area contributed by atoms with Crippen LogP contribution in [-0.2, 0) is 0 Å². The van der Waals surface area contributed by atoms with E-state index >= 15 is 0 Å². The molecule has 0 aromatic carbocycles. The van der Waals surface area contributed by atoms with E-state index in [-0.39, 0.29) is 0 Å². The van der Waals surface area contributed by atoms with Crippen molar-refractivity contribution in [3.63, 3.8) is 0 Å². The summed E-state index contributed by atoms with van der Waals surface area (Å²) in [5.74, 6) is 1.31. The van der Waals surface area contributed by atoms with Crippen molar-refractivity contribution >= 4 is 0 Å². The maximum atomic E-state index is 5.78. The number of unbranched alkanes of at least 4 members (excludes halogenated alkanes) is 10. The van der Waals surface area contributed by atoms with Crippen LogP contribution in [0.15, 0.2) is 49.1 Å². The average Bonchev–Trinajstić information content (AvgIpc) is 2.93. The molecule has 194 valence electrons. The van der Waals surface area contributed by atoms with Crippen molar-refractivity contribution in [3.05, 3.63) is 49.1 Å². The fourth-order valence-corrected chi connectivity index (χ4v) is 3.98. The standard InChI is InChI=1S/C30H42N4O2/c1-3-5-7-9-11-13-19-35-29-17-15-25(21-33-29)27-23-32-28(24-31-27)26-16-18-30(34-22-26)36-20-14-12-10-8-6-4-2/h15-18,21-24H,3-14,19-20H2,1-2H3. The Bertz CT molecular complexity index is 879. The molecule has 0 radical (unpaired) electrons. The largest absolute Gasteiger partial charge is 0.478 e. The van der Waals surface area contributed by atoms with Crippen LogP contribution in [-0.4, -0.2) is 33.1 Å². The molecule has 3 aromatic heterocycles. The lowest BCUT2D eigenvalue weighted by Crippen LogP contribution is -1.99. The fourth-order valence-electron chi connectivity index (χ4n) is 3.98. The lowest BCUT2D eigenvalue weighted by Gasteiger charge is -2.07. The van der Waals surface area contributed by atoms with Crippen LogP contribution in [0.1, 0.15) is 90.9 Å². The molecule has 0 amide bonds. The molecule has 0 saturated heterocycles. The van der Waals surface area contributed by atoms with Gasteiger partial charge >= 0.3 is 0 Å². The summed E-state index contributed by atoms with van der Waals surface area (Å²) >= 11 is 0. The van der Waals surface area contributed by atoms with Crippen LogP contribution in [0.3, 0.4) is 0 Å². The second kappa shape index (κ2) is 16.6. The highest BCUT2D eigenvalue weighted by atomic mass is 16.5. The number of ether oxygens (including phenoxy) is 2. The molecule has 0 N–H and O–H groups in total. The van der Waals surface area contributed by atoms with Crippen LogP contribution in [0.2, 0.25) is 0 Å². The summed E-state index contributed by atoms with van der Waals surface area (Å²) in [6.45, 7) is 5.90. The normalized spacial score (nSPS) is 10.9. The average molecular weight is 491 g/mol. The van der Waals surface area contributed by atoms with Gasteiger partial charge in [0.15, 0.2) is 0 Å². The first-order valence-corrected chi connectivity index (χ1v) is 13.8.